The molecular weight excluding hydrogens is 476 g/mol. The lowest BCUT2D eigenvalue weighted by molar-refractivity contribution is -0.122. The predicted molar refractivity (Wildman–Crippen MR) is 140 cm³/mol. The van der Waals surface area contributed by atoms with E-state index in [2.05, 4.69) is 27.2 Å². The van der Waals surface area contributed by atoms with Crippen molar-refractivity contribution in [3.8, 4) is 0 Å². The van der Waals surface area contributed by atoms with E-state index >= 15 is 0 Å². The lowest BCUT2D eigenvalue weighted by Gasteiger charge is -2.35. The lowest BCUT2D eigenvalue weighted by Crippen LogP contribution is -2.50. The molecule has 0 unspecified atom stereocenters. The van der Waals surface area contributed by atoms with Gasteiger partial charge in [-0.1, -0.05) is 43.7 Å². The Labute approximate surface area is 213 Å². The summed E-state index contributed by atoms with van der Waals surface area (Å²) < 4.78 is 29.2. The van der Waals surface area contributed by atoms with Gasteiger partial charge in [0.2, 0.25) is 21.8 Å². The number of rotatable bonds is 10. The molecule has 2 aliphatic rings. The summed E-state index contributed by atoms with van der Waals surface area (Å²) in [7, 11) is -3.96. The van der Waals surface area contributed by atoms with Crippen LogP contribution in [0.15, 0.2) is 53.4 Å². The molecule has 0 radical (unpaired) electrons. The quantitative estimate of drug-likeness (QED) is 0.454. The number of amides is 2. The predicted octanol–water partition coefficient (Wildman–Crippen LogP) is 2.84. The summed E-state index contributed by atoms with van der Waals surface area (Å²) in [5, 5.41) is 5.73. The molecule has 1 fully saturated rings. The van der Waals surface area contributed by atoms with Crippen molar-refractivity contribution in [2.45, 2.75) is 68.8 Å². The largest absolute Gasteiger partial charge is 0.353 e. The van der Waals surface area contributed by atoms with E-state index in [-0.39, 0.29) is 23.1 Å². The van der Waals surface area contributed by atoms with Gasteiger partial charge < -0.3 is 10.6 Å². The van der Waals surface area contributed by atoms with Gasteiger partial charge in [0, 0.05) is 31.2 Å². The number of hydrogen-bond acceptors (Lipinski definition) is 5. The molecule has 4 rings (SSSR count). The molecule has 2 atom stereocenters. The van der Waals surface area contributed by atoms with Gasteiger partial charge in [-0.3, -0.25) is 14.5 Å². The number of nitrogens with one attached hydrogen (secondary N) is 3. The molecule has 2 aromatic rings. The normalized spacial score (nSPS) is 19.2. The van der Waals surface area contributed by atoms with Crippen LogP contribution in [0.2, 0.25) is 0 Å². The standard InChI is InChI=1S/C27H36N4O4S/c1-2-22-10-6-7-16-31(22)17-15-28-27(33)25(18-20-8-4-3-5-9-20)30-36(34,35)23-12-13-24-21(19-23)11-14-26(32)29-24/h3-5,8-9,12-13,19,22,25,30H,2,6-7,10-11,14-18H2,1H3,(H,28,33)(H,29,32)/t22-,25+/m0/s1. The van der Waals surface area contributed by atoms with Gasteiger partial charge in [0.25, 0.3) is 0 Å². The number of nitrogens with zero attached hydrogens (tertiary/aromatic N) is 1. The minimum absolute atomic E-state index is 0.0781. The van der Waals surface area contributed by atoms with Crippen LogP contribution in [0.5, 0.6) is 0 Å². The maximum absolute atomic E-state index is 13.3. The summed E-state index contributed by atoms with van der Waals surface area (Å²) in [5.41, 5.74) is 2.27. The third-order valence-electron chi connectivity index (χ3n) is 7.10. The molecule has 0 aromatic heterocycles. The number of likely N-dealkylation sites (tertiary alicyclic amines) is 1. The molecule has 0 bridgehead atoms. The van der Waals surface area contributed by atoms with Crippen LogP contribution in [0.1, 0.15) is 50.2 Å². The first kappa shape index (κ1) is 26.3. The molecule has 2 amide bonds. The highest BCUT2D eigenvalue weighted by atomic mass is 32.2. The molecule has 0 aliphatic carbocycles. The maximum atomic E-state index is 13.3. The second-order valence-corrected chi connectivity index (χ2v) is 11.3. The highest BCUT2D eigenvalue weighted by molar-refractivity contribution is 7.89. The molecule has 194 valence electrons. The van der Waals surface area contributed by atoms with E-state index in [0.29, 0.717) is 31.1 Å². The van der Waals surface area contributed by atoms with Gasteiger partial charge in [-0.25, -0.2) is 8.42 Å². The number of aryl methyl sites for hydroxylation is 1. The van der Waals surface area contributed by atoms with Crippen molar-refractivity contribution in [3.05, 3.63) is 59.7 Å². The van der Waals surface area contributed by atoms with Crippen molar-refractivity contribution in [3.63, 3.8) is 0 Å². The van der Waals surface area contributed by atoms with Crippen LogP contribution in [-0.4, -0.2) is 56.9 Å². The molecule has 1 saturated heterocycles. The number of carbonyl (C=O) groups excluding carboxylic acids is 2. The molecule has 0 spiro atoms. The fourth-order valence-corrected chi connectivity index (χ4v) is 6.33. The number of piperidine rings is 1. The minimum atomic E-state index is -3.96. The Hall–Kier alpha value is -2.75. The number of benzene rings is 2. The fourth-order valence-electron chi connectivity index (χ4n) is 5.08. The van der Waals surface area contributed by atoms with Crippen LogP contribution in [-0.2, 0) is 32.5 Å². The summed E-state index contributed by atoms with van der Waals surface area (Å²) in [6, 6.07) is 13.6. The summed E-state index contributed by atoms with van der Waals surface area (Å²) in [6.45, 7) is 4.46. The van der Waals surface area contributed by atoms with Crippen LogP contribution >= 0.6 is 0 Å². The van der Waals surface area contributed by atoms with Crippen molar-refractivity contribution in [2.24, 2.45) is 0 Å². The van der Waals surface area contributed by atoms with E-state index < -0.39 is 16.1 Å². The zero-order chi connectivity index (χ0) is 25.5. The summed E-state index contributed by atoms with van der Waals surface area (Å²) in [4.78, 5) is 27.4. The maximum Gasteiger partial charge on any atom is 0.241 e. The van der Waals surface area contributed by atoms with Crippen LogP contribution < -0.4 is 15.4 Å². The third kappa shape index (κ3) is 6.72. The van der Waals surface area contributed by atoms with E-state index in [1.54, 1.807) is 12.1 Å². The van der Waals surface area contributed by atoms with Crippen molar-refractivity contribution in [1.82, 2.24) is 14.9 Å². The number of fused-ring (bicyclic) bond motifs is 1. The molecule has 3 N–H and O–H groups in total. The molecule has 2 aromatic carbocycles. The molecule has 2 heterocycles. The summed E-state index contributed by atoms with van der Waals surface area (Å²) in [6.07, 6.45) is 5.74. The molecule has 0 saturated carbocycles. The van der Waals surface area contributed by atoms with Gasteiger partial charge in [-0.2, -0.15) is 4.72 Å². The van der Waals surface area contributed by atoms with Gasteiger partial charge in [-0.15, -0.1) is 0 Å². The summed E-state index contributed by atoms with van der Waals surface area (Å²) >= 11 is 0. The van der Waals surface area contributed by atoms with Crippen molar-refractivity contribution < 1.29 is 18.0 Å². The van der Waals surface area contributed by atoms with E-state index in [9.17, 15) is 18.0 Å². The Balaban J connectivity index is 1.46. The SMILES string of the molecule is CC[C@H]1CCCCN1CCNC(=O)[C@@H](Cc1ccccc1)NS(=O)(=O)c1ccc2c(c1)CCC(=O)N2. The average molecular weight is 513 g/mol. The van der Waals surface area contributed by atoms with Crippen LogP contribution in [0.4, 0.5) is 5.69 Å². The Morgan fingerprint density at radius 1 is 1.14 bits per heavy atom. The van der Waals surface area contributed by atoms with Crippen LogP contribution in [0.25, 0.3) is 0 Å². The van der Waals surface area contributed by atoms with Gasteiger partial charge in [0.15, 0.2) is 0 Å². The highest BCUT2D eigenvalue weighted by Crippen LogP contribution is 2.25. The number of carbonyl (C=O) groups is 2. The Bertz CT molecular complexity index is 1170. The molecule has 2 aliphatic heterocycles. The Morgan fingerprint density at radius 2 is 1.94 bits per heavy atom. The zero-order valence-corrected chi connectivity index (χ0v) is 21.6. The summed E-state index contributed by atoms with van der Waals surface area (Å²) in [5.74, 6) is -0.414. The topological polar surface area (TPSA) is 108 Å². The van der Waals surface area contributed by atoms with Gasteiger partial charge in [0.05, 0.1) is 4.90 Å². The first-order valence-electron chi connectivity index (χ1n) is 12.9. The molecular formula is C27H36N4O4S. The van der Waals surface area contributed by atoms with E-state index in [1.165, 1.54) is 25.3 Å². The number of hydrogen-bond donors (Lipinski definition) is 3. The second-order valence-electron chi connectivity index (χ2n) is 9.62. The number of anilines is 1. The number of sulfonamides is 1. The van der Waals surface area contributed by atoms with Gasteiger partial charge in [-0.05, 0) is 68.0 Å². The fraction of sp³-hybridized carbons (Fsp3) is 0.481. The minimum Gasteiger partial charge on any atom is -0.353 e. The van der Waals surface area contributed by atoms with E-state index in [1.807, 2.05) is 30.3 Å². The van der Waals surface area contributed by atoms with Crippen molar-refractivity contribution in [1.29, 1.82) is 0 Å². The zero-order valence-electron chi connectivity index (χ0n) is 20.8. The van der Waals surface area contributed by atoms with Crippen LogP contribution in [0, 0.1) is 0 Å². The lowest BCUT2D eigenvalue weighted by atomic mass is 10.0. The van der Waals surface area contributed by atoms with Crippen molar-refractivity contribution in [2.75, 3.05) is 25.0 Å². The van der Waals surface area contributed by atoms with Crippen LogP contribution in [0.3, 0.4) is 0 Å². The Kier molecular flexibility index (Phi) is 8.77. The van der Waals surface area contributed by atoms with Gasteiger partial charge >= 0.3 is 0 Å². The first-order chi connectivity index (χ1) is 17.4. The Morgan fingerprint density at radius 3 is 2.72 bits per heavy atom. The first-order valence-corrected chi connectivity index (χ1v) is 14.3. The average Bonchev–Trinajstić information content (AvgIpc) is 2.88. The third-order valence-corrected chi connectivity index (χ3v) is 8.57. The molecule has 36 heavy (non-hydrogen) atoms. The van der Waals surface area contributed by atoms with Gasteiger partial charge in [0.1, 0.15) is 6.04 Å². The second kappa shape index (κ2) is 12.0. The van der Waals surface area contributed by atoms with E-state index in [0.717, 1.165) is 30.6 Å². The monoisotopic (exact) mass is 512 g/mol. The highest BCUT2D eigenvalue weighted by Gasteiger charge is 2.28. The molecule has 9 heteroatoms. The smallest absolute Gasteiger partial charge is 0.241 e. The van der Waals surface area contributed by atoms with E-state index in [4.69, 9.17) is 0 Å². The molecule has 8 nitrogen and oxygen atoms in total. The van der Waals surface area contributed by atoms with Crippen molar-refractivity contribution >= 4 is 27.5 Å².